The zero-order valence-corrected chi connectivity index (χ0v) is 15.3. The third-order valence-electron chi connectivity index (χ3n) is 4.30. The van der Waals surface area contributed by atoms with Gasteiger partial charge in [-0.15, -0.1) is 0 Å². The molecule has 5 nitrogen and oxygen atoms in total. The standard InChI is InChI=1S/C19H23F3N2O3/c1-3-4-5-6-7-8-13-9-10-15(16(11-13)27-2)24-17(26)14(12-25)23-18(24)19(20,21)22/h9-12,26H,3-8H2,1-2H3. The third-order valence-corrected chi connectivity index (χ3v) is 4.30. The molecule has 0 spiro atoms. The van der Waals surface area contributed by atoms with Crippen molar-refractivity contribution in [1.82, 2.24) is 9.55 Å². The highest BCUT2D eigenvalue weighted by Gasteiger charge is 2.40. The van der Waals surface area contributed by atoms with Crippen LogP contribution in [0.5, 0.6) is 11.6 Å². The Morgan fingerprint density at radius 3 is 2.52 bits per heavy atom. The number of rotatable bonds is 9. The van der Waals surface area contributed by atoms with Crippen LogP contribution in [0.2, 0.25) is 0 Å². The molecule has 0 saturated carbocycles. The molecule has 2 aromatic rings. The lowest BCUT2D eigenvalue weighted by atomic mass is 10.0. The monoisotopic (exact) mass is 384 g/mol. The van der Waals surface area contributed by atoms with Gasteiger partial charge >= 0.3 is 6.18 Å². The summed E-state index contributed by atoms with van der Waals surface area (Å²) >= 11 is 0. The first-order valence-corrected chi connectivity index (χ1v) is 8.84. The molecule has 1 N–H and O–H groups in total. The topological polar surface area (TPSA) is 64.4 Å². The molecule has 0 bridgehead atoms. The van der Waals surface area contributed by atoms with Crippen molar-refractivity contribution in [3.05, 3.63) is 35.3 Å². The molecule has 1 aromatic carbocycles. The average Bonchev–Trinajstić information content (AvgIpc) is 2.98. The molecule has 0 atom stereocenters. The fourth-order valence-corrected chi connectivity index (χ4v) is 2.92. The zero-order chi connectivity index (χ0) is 20.0. The third kappa shape index (κ3) is 4.81. The lowest BCUT2D eigenvalue weighted by molar-refractivity contribution is -0.146. The second-order valence-electron chi connectivity index (χ2n) is 6.27. The van der Waals surface area contributed by atoms with E-state index in [9.17, 15) is 23.1 Å². The van der Waals surface area contributed by atoms with Crippen molar-refractivity contribution >= 4 is 6.29 Å². The number of aldehydes is 1. The van der Waals surface area contributed by atoms with Gasteiger partial charge in [0, 0.05) is 0 Å². The van der Waals surface area contributed by atoms with E-state index in [-0.39, 0.29) is 17.7 Å². The summed E-state index contributed by atoms with van der Waals surface area (Å²) in [4.78, 5) is 14.1. The van der Waals surface area contributed by atoms with E-state index in [0.717, 1.165) is 37.7 Å². The Bertz CT molecular complexity index is 785. The van der Waals surface area contributed by atoms with Crippen LogP contribution in [-0.2, 0) is 12.6 Å². The highest BCUT2D eigenvalue weighted by Crippen LogP contribution is 2.38. The van der Waals surface area contributed by atoms with Crippen LogP contribution in [0.1, 0.15) is 60.9 Å². The molecule has 0 amide bonds. The summed E-state index contributed by atoms with van der Waals surface area (Å²) < 4.78 is 45.6. The van der Waals surface area contributed by atoms with E-state index in [2.05, 4.69) is 11.9 Å². The van der Waals surface area contributed by atoms with Crippen LogP contribution in [0.4, 0.5) is 13.2 Å². The van der Waals surface area contributed by atoms with Gasteiger partial charge < -0.3 is 9.84 Å². The van der Waals surface area contributed by atoms with Crippen LogP contribution in [0.3, 0.4) is 0 Å². The Balaban J connectivity index is 2.36. The first kappa shape index (κ1) is 20.8. The van der Waals surface area contributed by atoms with Crippen molar-refractivity contribution < 1.29 is 27.8 Å². The second-order valence-corrected chi connectivity index (χ2v) is 6.27. The molecule has 0 unspecified atom stereocenters. The molecule has 1 aromatic heterocycles. The van der Waals surface area contributed by atoms with Crippen LogP contribution in [0.25, 0.3) is 5.69 Å². The molecule has 8 heteroatoms. The summed E-state index contributed by atoms with van der Waals surface area (Å²) in [7, 11) is 1.34. The number of aromatic nitrogens is 2. The number of imidazole rings is 1. The summed E-state index contributed by atoms with van der Waals surface area (Å²) in [6.07, 6.45) is 1.56. The molecule has 27 heavy (non-hydrogen) atoms. The van der Waals surface area contributed by atoms with E-state index in [0.29, 0.717) is 4.57 Å². The number of carbonyl (C=O) groups excluding carboxylic acids is 1. The highest BCUT2D eigenvalue weighted by atomic mass is 19.4. The predicted octanol–water partition coefficient (Wildman–Crippen LogP) is 4.93. The minimum atomic E-state index is -4.85. The predicted molar refractivity (Wildman–Crippen MR) is 94.6 cm³/mol. The van der Waals surface area contributed by atoms with Crippen molar-refractivity contribution in [3.8, 4) is 17.3 Å². The normalized spacial score (nSPS) is 11.6. The minimum absolute atomic E-state index is 0.0299. The van der Waals surface area contributed by atoms with Crippen molar-refractivity contribution in [1.29, 1.82) is 0 Å². The molecular formula is C19H23F3N2O3. The first-order valence-electron chi connectivity index (χ1n) is 8.84. The summed E-state index contributed by atoms with van der Waals surface area (Å²) in [6, 6.07) is 4.78. The maximum atomic E-state index is 13.3. The summed E-state index contributed by atoms with van der Waals surface area (Å²) in [5.41, 5.74) is 0.220. The number of unbranched alkanes of at least 4 members (excludes halogenated alkanes) is 4. The molecule has 1 heterocycles. The maximum Gasteiger partial charge on any atom is 0.450 e. The smallest absolute Gasteiger partial charge is 0.450 e. The van der Waals surface area contributed by atoms with Crippen LogP contribution >= 0.6 is 0 Å². The molecule has 0 aliphatic rings. The molecule has 0 aliphatic heterocycles. The Hall–Kier alpha value is -2.51. The Morgan fingerprint density at radius 1 is 1.22 bits per heavy atom. The van der Waals surface area contributed by atoms with E-state index in [1.807, 2.05) is 0 Å². The Morgan fingerprint density at radius 2 is 1.93 bits per heavy atom. The molecule has 2 rings (SSSR count). The summed E-state index contributed by atoms with van der Waals surface area (Å²) in [5.74, 6) is -2.09. The number of methoxy groups -OCH3 is 1. The van der Waals surface area contributed by atoms with Crippen molar-refractivity contribution in [2.45, 2.75) is 51.6 Å². The highest BCUT2D eigenvalue weighted by molar-refractivity contribution is 5.76. The molecule has 0 aliphatic carbocycles. The lowest BCUT2D eigenvalue weighted by Gasteiger charge is -2.15. The van der Waals surface area contributed by atoms with Gasteiger partial charge in [-0.2, -0.15) is 13.2 Å². The number of nitrogens with zero attached hydrogens (tertiary/aromatic N) is 2. The fraction of sp³-hybridized carbons (Fsp3) is 0.474. The van der Waals surface area contributed by atoms with Gasteiger partial charge in [0.15, 0.2) is 12.0 Å². The number of aryl methyl sites for hydroxylation is 1. The first-order chi connectivity index (χ1) is 12.8. The summed E-state index contributed by atoms with van der Waals surface area (Å²) in [5, 5.41) is 10.1. The van der Waals surface area contributed by atoms with Gasteiger partial charge in [-0.25, -0.2) is 4.98 Å². The van der Waals surface area contributed by atoms with Crippen molar-refractivity contribution in [2.24, 2.45) is 0 Å². The van der Waals surface area contributed by atoms with Crippen LogP contribution < -0.4 is 4.74 Å². The van der Waals surface area contributed by atoms with Gasteiger partial charge in [0.05, 0.1) is 12.8 Å². The van der Waals surface area contributed by atoms with Gasteiger partial charge in [-0.1, -0.05) is 38.7 Å². The SMILES string of the molecule is CCCCCCCc1ccc(-n2c(C(F)(F)F)nc(C=O)c2O)c(OC)c1. The lowest BCUT2D eigenvalue weighted by Crippen LogP contribution is -2.14. The van der Waals surface area contributed by atoms with Gasteiger partial charge in [0.25, 0.3) is 0 Å². The number of ether oxygens (including phenoxy) is 1. The Labute approximate surface area is 155 Å². The quantitative estimate of drug-likeness (QED) is 0.492. The van der Waals surface area contributed by atoms with E-state index < -0.39 is 23.6 Å². The number of hydrogen-bond donors (Lipinski definition) is 1. The maximum absolute atomic E-state index is 13.3. The number of benzene rings is 1. The number of alkyl halides is 3. The van der Waals surface area contributed by atoms with Gasteiger partial charge in [0.2, 0.25) is 11.7 Å². The van der Waals surface area contributed by atoms with E-state index >= 15 is 0 Å². The number of carbonyl (C=O) groups is 1. The van der Waals surface area contributed by atoms with Crippen LogP contribution in [0.15, 0.2) is 18.2 Å². The number of hydrogen-bond acceptors (Lipinski definition) is 4. The minimum Gasteiger partial charge on any atom is -0.495 e. The number of aromatic hydroxyl groups is 1. The largest absolute Gasteiger partial charge is 0.495 e. The average molecular weight is 384 g/mol. The molecule has 0 radical (unpaired) electrons. The molecule has 0 saturated heterocycles. The van der Waals surface area contributed by atoms with Gasteiger partial charge in [-0.3, -0.25) is 9.36 Å². The number of halogens is 3. The molecular weight excluding hydrogens is 361 g/mol. The van der Waals surface area contributed by atoms with Crippen molar-refractivity contribution in [2.75, 3.05) is 7.11 Å². The zero-order valence-electron chi connectivity index (χ0n) is 15.3. The van der Waals surface area contributed by atoms with Crippen molar-refractivity contribution in [3.63, 3.8) is 0 Å². The van der Waals surface area contributed by atoms with Gasteiger partial charge in [-0.05, 0) is 30.5 Å². The van der Waals surface area contributed by atoms with E-state index in [1.165, 1.54) is 19.6 Å². The second kappa shape index (κ2) is 8.92. The molecule has 0 fully saturated rings. The molecule has 148 valence electrons. The van der Waals surface area contributed by atoms with Gasteiger partial charge in [0.1, 0.15) is 5.75 Å². The summed E-state index contributed by atoms with van der Waals surface area (Å²) in [6.45, 7) is 2.14. The van der Waals surface area contributed by atoms with E-state index in [1.54, 1.807) is 12.1 Å². The van der Waals surface area contributed by atoms with Crippen LogP contribution in [-0.4, -0.2) is 28.1 Å². The van der Waals surface area contributed by atoms with Crippen LogP contribution in [0, 0.1) is 0 Å². The fourth-order valence-electron chi connectivity index (χ4n) is 2.92. The van der Waals surface area contributed by atoms with E-state index in [4.69, 9.17) is 4.74 Å². The Kier molecular flexibility index (Phi) is 6.87.